The minimum Gasteiger partial charge on any atom is -0.319 e. The van der Waals surface area contributed by atoms with E-state index in [9.17, 15) is 0 Å². The molecule has 1 unspecified atom stereocenters. The highest BCUT2D eigenvalue weighted by Crippen LogP contribution is 2.20. The summed E-state index contributed by atoms with van der Waals surface area (Å²) in [7, 11) is 0. The van der Waals surface area contributed by atoms with Gasteiger partial charge in [-0.1, -0.05) is 10.6 Å². The molecule has 72 valence electrons. The Morgan fingerprint density at radius 3 is 2.79 bits per heavy atom. The number of hydrogen-bond acceptors (Lipinski definition) is 5. The third kappa shape index (κ3) is 1.78. The van der Waals surface area contributed by atoms with Gasteiger partial charge in [-0.25, -0.2) is 0 Å². The number of aryl methyl sites for hydroxylation is 1. The van der Waals surface area contributed by atoms with Crippen LogP contribution in [0.3, 0.4) is 0 Å². The number of nitrogens with zero attached hydrogens (tertiary/aromatic N) is 3. The summed E-state index contributed by atoms with van der Waals surface area (Å²) in [5, 5.41) is 3.75. The van der Waals surface area contributed by atoms with E-state index in [1.807, 2.05) is 19.1 Å². The van der Waals surface area contributed by atoms with Crippen LogP contribution in [0.5, 0.6) is 0 Å². The smallest absolute Gasteiger partial charge is 0.0693 e. The van der Waals surface area contributed by atoms with Gasteiger partial charge in [-0.3, -0.25) is 4.98 Å². The fraction of sp³-hybridized carbons (Fsp3) is 0.222. The molecule has 4 nitrogen and oxygen atoms in total. The van der Waals surface area contributed by atoms with Gasteiger partial charge in [0.15, 0.2) is 0 Å². The Kier molecular flexibility index (Phi) is 2.51. The number of rotatable bonds is 2. The molecule has 5 heteroatoms. The molecule has 0 aliphatic rings. The van der Waals surface area contributed by atoms with Gasteiger partial charge in [0.2, 0.25) is 0 Å². The third-order valence-electron chi connectivity index (χ3n) is 1.98. The van der Waals surface area contributed by atoms with Gasteiger partial charge < -0.3 is 5.73 Å². The summed E-state index contributed by atoms with van der Waals surface area (Å²) in [4.78, 5) is 5.15. The fourth-order valence-electron chi connectivity index (χ4n) is 1.14. The quantitative estimate of drug-likeness (QED) is 0.804. The third-order valence-corrected chi connectivity index (χ3v) is 2.72. The average molecular weight is 206 g/mol. The lowest BCUT2D eigenvalue weighted by atomic mass is 10.1. The normalized spacial score (nSPS) is 12.7. The van der Waals surface area contributed by atoms with Gasteiger partial charge in [0.05, 0.1) is 17.1 Å². The minimum atomic E-state index is -0.164. The molecule has 2 N–H and O–H groups in total. The molecule has 0 bridgehead atoms. The molecule has 0 fully saturated rings. The van der Waals surface area contributed by atoms with Crippen LogP contribution in [-0.4, -0.2) is 14.6 Å². The van der Waals surface area contributed by atoms with Crippen LogP contribution in [0.2, 0.25) is 0 Å². The summed E-state index contributed by atoms with van der Waals surface area (Å²) in [6.45, 7) is 1.95. The van der Waals surface area contributed by atoms with Crippen LogP contribution in [0.1, 0.15) is 22.2 Å². The van der Waals surface area contributed by atoms with Crippen molar-refractivity contribution in [1.29, 1.82) is 0 Å². The molecule has 0 saturated carbocycles. The van der Waals surface area contributed by atoms with E-state index in [4.69, 9.17) is 5.73 Å². The predicted molar refractivity (Wildman–Crippen MR) is 54.9 cm³/mol. The molecule has 0 amide bonds. The SMILES string of the molecule is Cc1ccc(C(N)c2cnns2)cn1. The molecule has 0 aliphatic carbocycles. The van der Waals surface area contributed by atoms with Crippen molar-refractivity contribution in [2.24, 2.45) is 5.73 Å². The van der Waals surface area contributed by atoms with Crippen LogP contribution >= 0.6 is 11.5 Å². The molecule has 2 aromatic rings. The summed E-state index contributed by atoms with van der Waals surface area (Å²) in [5.41, 5.74) is 7.98. The van der Waals surface area contributed by atoms with E-state index in [2.05, 4.69) is 14.6 Å². The second-order valence-corrected chi connectivity index (χ2v) is 3.85. The molecular weight excluding hydrogens is 196 g/mol. The Labute approximate surface area is 86.0 Å². The van der Waals surface area contributed by atoms with Gasteiger partial charge in [-0.05, 0) is 30.1 Å². The maximum atomic E-state index is 6.00. The second-order valence-electron chi connectivity index (χ2n) is 3.03. The Morgan fingerprint density at radius 1 is 1.36 bits per heavy atom. The van der Waals surface area contributed by atoms with Crippen molar-refractivity contribution in [1.82, 2.24) is 14.6 Å². The van der Waals surface area contributed by atoms with Crippen LogP contribution in [0.25, 0.3) is 0 Å². The van der Waals surface area contributed by atoms with Gasteiger partial charge in [-0.2, -0.15) is 0 Å². The van der Waals surface area contributed by atoms with Gasteiger partial charge in [-0.15, -0.1) is 5.10 Å². The first-order valence-corrected chi connectivity index (χ1v) is 5.00. The van der Waals surface area contributed by atoms with Crippen molar-refractivity contribution in [2.75, 3.05) is 0 Å². The molecule has 2 heterocycles. The lowest BCUT2D eigenvalue weighted by Crippen LogP contribution is -2.10. The van der Waals surface area contributed by atoms with E-state index < -0.39 is 0 Å². The lowest BCUT2D eigenvalue weighted by Gasteiger charge is -2.07. The number of hydrogen-bond donors (Lipinski definition) is 1. The first-order valence-electron chi connectivity index (χ1n) is 4.23. The first kappa shape index (κ1) is 9.23. The molecule has 1 atom stereocenters. The molecule has 0 aromatic carbocycles. The van der Waals surface area contributed by atoms with Gasteiger partial charge >= 0.3 is 0 Å². The summed E-state index contributed by atoms with van der Waals surface area (Å²) in [6.07, 6.45) is 3.48. The number of aromatic nitrogens is 3. The highest BCUT2D eigenvalue weighted by Gasteiger charge is 2.10. The van der Waals surface area contributed by atoms with Crippen LogP contribution in [0, 0.1) is 6.92 Å². The lowest BCUT2D eigenvalue weighted by molar-refractivity contribution is 0.876. The minimum absolute atomic E-state index is 0.164. The zero-order chi connectivity index (χ0) is 9.97. The monoisotopic (exact) mass is 206 g/mol. The average Bonchev–Trinajstić information content (AvgIpc) is 2.71. The maximum Gasteiger partial charge on any atom is 0.0693 e. The summed E-state index contributed by atoms with van der Waals surface area (Å²) < 4.78 is 3.78. The molecule has 0 aliphatic heterocycles. The molecule has 2 aromatic heterocycles. The second kappa shape index (κ2) is 3.81. The van der Waals surface area contributed by atoms with E-state index in [1.165, 1.54) is 11.5 Å². The van der Waals surface area contributed by atoms with Gasteiger partial charge in [0.25, 0.3) is 0 Å². The molecule has 2 rings (SSSR count). The summed E-state index contributed by atoms with van der Waals surface area (Å²) in [6, 6.07) is 3.76. The predicted octanol–water partition coefficient (Wildman–Crippen LogP) is 1.29. The Balaban J connectivity index is 2.28. The highest BCUT2D eigenvalue weighted by molar-refractivity contribution is 7.05. The molecule has 0 radical (unpaired) electrons. The molecule has 0 saturated heterocycles. The van der Waals surface area contributed by atoms with E-state index in [0.717, 1.165) is 16.1 Å². The Morgan fingerprint density at radius 2 is 2.21 bits per heavy atom. The standard InChI is InChI=1S/C9H10N4S/c1-6-2-3-7(4-11-6)9(10)8-5-12-13-14-8/h2-5,9H,10H2,1H3. The van der Waals surface area contributed by atoms with Crippen LogP contribution < -0.4 is 5.73 Å². The van der Waals surface area contributed by atoms with Crippen molar-refractivity contribution in [2.45, 2.75) is 13.0 Å². The highest BCUT2D eigenvalue weighted by atomic mass is 32.1. The van der Waals surface area contributed by atoms with E-state index in [-0.39, 0.29) is 6.04 Å². The number of pyridine rings is 1. The van der Waals surface area contributed by atoms with Gasteiger partial charge in [0.1, 0.15) is 0 Å². The molecule has 0 spiro atoms. The van der Waals surface area contributed by atoms with Crippen molar-refractivity contribution in [3.63, 3.8) is 0 Å². The van der Waals surface area contributed by atoms with Crippen molar-refractivity contribution < 1.29 is 0 Å². The Hall–Kier alpha value is -1.33. The summed E-state index contributed by atoms with van der Waals surface area (Å²) >= 11 is 1.32. The topological polar surface area (TPSA) is 64.7 Å². The summed E-state index contributed by atoms with van der Waals surface area (Å²) in [5.74, 6) is 0. The largest absolute Gasteiger partial charge is 0.319 e. The molecule has 14 heavy (non-hydrogen) atoms. The van der Waals surface area contributed by atoms with Crippen molar-refractivity contribution in [3.8, 4) is 0 Å². The first-order chi connectivity index (χ1) is 6.77. The van der Waals surface area contributed by atoms with Crippen molar-refractivity contribution >= 4 is 11.5 Å². The van der Waals surface area contributed by atoms with Crippen LogP contribution in [0.4, 0.5) is 0 Å². The van der Waals surface area contributed by atoms with E-state index in [0.29, 0.717) is 0 Å². The zero-order valence-electron chi connectivity index (χ0n) is 7.71. The van der Waals surface area contributed by atoms with Crippen LogP contribution in [-0.2, 0) is 0 Å². The Bertz CT molecular complexity index is 395. The van der Waals surface area contributed by atoms with E-state index in [1.54, 1.807) is 12.4 Å². The molecular formula is C9H10N4S. The van der Waals surface area contributed by atoms with Gasteiger partial charge in [0, 0.05) is 11.9 Å². The maximum absolute atomic E-state index is 6.00. The number of nitrogens with two attached hydrogens (primary N) is 1. The zero-order valence-corrected chi connectivity index (χ0v) is 8.53. The van der Waals surface area contributed by atoms with Crippen molar-refractivity contribution in [3.05, 3.63) is 40.7 Å². The fourth-order valence-corrected chi connectivity index (χ4v) is 1.67. The van der Waals surface area contributed by atoms with Crippen LogP contribution in [0.15, 0.2) is 24.5 Å². The van der Waals surface area contributed by atoms with E-state index >= 15 is 0 Å².